The third kappa shape index (κ3) is 7.13. The molecule has 0 aliphatic heterocycles. The van der Waals surface area contributed by atoms with Crippen molar-refractivity contribution in [1.82, 2.24) is 5.32 Å². The molecule has 7 nitrogen and oxygen atoms in total. The van der Waals surface area contributed by atoms with Crippen LogP contribution in [0.3, 0.4) is 0 Å². The van der Waals surface area contributed by atoms with Crippen LogP contribution in [0.25, 0.3) is 0 Å². The molecule has 0 aromatic heterocycles. The zero-order valence-electron chi connectivity index (χ0n) is 14.7. The Kier molecular flexibility index (Phi) is 7.89. The first-order valence-corrected chi connectivity index (χ1v) is 9.99. The van der Waals surface area contributed by atoms with Gasteiger partial charge in [-0.15, -0.1) is 0 Å². The molecule has 25 heavy (non-hydrogen) atoms. The van der Waals surface area contributed by atoms with Crippen LogP contribution in [-0.2, 0) is 19.4 Å². The number of carboxylic acids is 1. The molecule has 8 heteroatoms. The molecule has 1 amide bonds. The second kappa shape index (κ2) is 9.41. The number of carbonyl (C=O) groups excluding carboxylic acids is 1. The van der Waals surface area contributed by atoms with E-state index in [-0.39, 0.29) is 29.7 Å². The smallest absolute Gasteiger partial charge is 0.326 e. The number of carboxylic acid groups (broad SMARTS) is 1. The first-order chi connectivity index (χ1) is 11.6. The third-order valence-electron chi connectivity index (χ3n) is 3.86. The normalized spacial score (nSPS) is 13.7. The average molecular weight is 371 g/mol. The van der Waals surface area contributed by atoms with Gasteiger partial charge in [0.2, 0.25) is 5.91 Å². The van der Waals surface area contributed by atoms with Crippen LogP contribution in [-0.4, -0.2) is 44.3 Å². The van der Waals surface area contributed by atoms with Crippen LogP contribution >= 0.6 is 0 Å². The fourth-order valence-electron chi connectivity index (χ4n) is 2.13. The van der Waals surface area contributed by atoms with E-state index >= 15 is 0 Å². The summed E-state index contributed by atoms with van der Waals surface area (Å²) in [5.41, 5.74) is 0. The molecule has 2 atom stereocenters. The summed E-state index contributed by atoms with van der Waals surface area (Å²) < 4.78 is 28.2. The minimum absolute atomic E-state index is 0.147. The van der Waals surface area contributed by atoms with Crippen molar-refractivity contribution >= 4 is 21.7 Å². The van der Waals surface area contributed by atoms with Gasteiger partial charge in [0.25, 0.3) is 0 Å². The van der Waals surface area contributed by atoms with E-state index in [4.69, 9.17) is 9.84 Å². The lowest BCUT2D eigenvalue weighted by molar-refractivity contribution is -0.143. The number of rotatable bonds is 10. The highest BCUT2D eigenvalue weighted by molar-refractivity contribution is 7.90. The topological polar surface area (TPSA) is 110 Å². The molecule has 1 rings (SSSR count). The summed E-state index contributed by atoms with van der Waals surface area (Å²) in [6, 6.07) is 5.14. The van der Waals surface area contributed by atoms with Gasteiger partial charge < -0.3 is 15.2 Å². The highest BCUT2D eigenvalue weighted by Gasteiger charge is 2.24. The van der Waals surface area contributed by atoms with Gasteiger partial charge in [0.15, 0.2) is 9.84 Å². The zero-order chi connectivity index (χ0) is 19.0. The Hall–Kier alpha value is -2.09. The minimum atomic E-state index is -3.24. The van der Waals surface area contributed by atoms with E-state index in [0.717, 1.165) is 6.26 Å². The van der Waals surface area contributed by atoms with Crippen LogP contribution in [0.4, 0.5) is 0 Å². The molecular weight excluding hydrogens is 346 g/mol. The van der Waals surface area contributed by atoms with Gasteiger partial charge >= 0.3 is 5.97 Å². The second-order valence-electron chi connectivity index (χ2n) is 5.96. The van der Waals surface area contributed by atoms with Crippen molar-refractivity contribution in [3.63, 3.8) is 0 Å². The quantitative estimate of drug-likeness (QED) is 0.608. The Balaban J connectivity index is 2.40. The predicted octanol–water partition coefficient (Wildman–Crippen LogP) is 1.86. The van der Waals surface area contributed by atoms with Gasteiger partial charge in [-0.2, -0.15) is 0 Å². The maximum Gasteiger partial charge on any atom is 0.326 e. The van der Waals surface area contributed by atoms with Crippen LogP contribution in [0.2, 0.25) is 0 Å². The van der Waals surface area contributed by atoms with Crippen LogP contribution in [0, 0.1) is 5.92 Å². The molecule has 2 unspecified atom stereocenters. The number of amides is 1. The van der Waals surface area contributed by atoms with Crippen molar-refractivity contribution in [3.05, 3.63) is 24.3 Å². The van der Waals surface area contributed by atoms with E-state index in [0.29, 0.717) is 18.6 Å². The number of sulfone groups is 1. The van der Waals surface area contributed by atoms with Crippen LogP contribution < -0.4 is 10.1 Å². The summed E-state index contributed by atoms with van der Waals surface area (Å²) in [6.07, 6.45) is 2.36. The Labute approximate surface area is 148 Å². The number of hydrogen-bond donors (Lipinski definition) is 2. The van der Waals surface area contributed by atoms with Gasteiger partial charge in [-0.05, 0) is 36.6 Å². The first kappa shape index (κ1) is 21.0. The van der Waals surface area contributed by atoms with Crippen LogP contribution in [0.5, 0.6) is 5.75 Å². The lowest BCUT2D eigenvalue weighted by Crippen LogP contribution is -2.45. The molecule has 0 heterocycles. The molecule has 1 aromatic carbocycles. The number of aliphatic carboxylic acids is 1. The summed E-state index contributed by atoms with van der Waals surface area (Å²) in [5, 5.41) is 11.7. The van der Waals surface area contributed by atoms with Crippen LogP contribution in [0.1, 0.15) is 33.1 Å². The molecule has 0 saturated carbocycles. The second-order valence-corrected chi connectivity index (χ2v) is 7.98. The summed E-state index contributed by atoms with van der Waals surface area (Å²) in [4.78, 5) is 23.2. The largest absolute Gasteiger partial charge is 0.494 e. The van der Waals surface area contributed by atoms with Crippen molar-refractivity contribution in [2.45, 2.75) is 44.0 Å². The Bertz CT molecular complexity index is 684. The molecule has 0 aliphatic rings. The molecular formula is C17H25NO6S. The van der Waals surface area contributed by atoms with E-state index in [1.165, 1.54) is 12.1 Å². The Morgan fingerprint density at radius 2 is 1.84 bits per heavy atom. The molecule has 1 aromatic rings. The molecule has 2 N–H and O–H groups in total. The summed E-state index contributed by atoms with van der Waals surface area (Å²) in [7, 11) is -3.24. The van der Waals surface area contributed by atoms with Gasteiger partial charge in [0.1, 0.15) is 11.8 Å². The van der Waals surface area contributed by atoms with Gasteiger partial charge in [0, 0.05) is 12.7 Å². The monoisotopic (exact) mass is 371 g/mol. The molecule has 0 saturated heterocycles. The predicted molar refractivity (Wildman–Crippen MR) is 93.3 cm³/mol. The minimum Gasteiger partial charge on any atom is -0.494 e. The summed E-state index contributed by atoms with van der Waals surface area (Å²) >= 11 is 0. The molecule has 0 radical (unpaired) electrons. The van der Waals surface area contributed by atoms with E-state index < -0.39 is 21.8 Å². The fourth-order valence-corrected chi connectivity index (χ4v) is 2.76. The maximum absolute atomic E-state index is 11.8. The molecule has 0 fully saturated rings. The fraction of sp³-hybridized carbons (Fsp3) is 0.529. The van der Waals surface area contributed by atoms with E-state index in [2.05, 4.69) is 5.32 Å². The first-order valence-electron chi connectivity index (χ1n) is 8.10. The van der Waals surface area contributed by atoms with Crippen molar-refractivity contribution in [2.24, 2.45) is 5.92 Å². The summed E-state index contributed by atoms with van der Waals surface area (Å²) in [6.45, 7) is 3.92. The molecule has 0 aliphatic carbocycles. The van der Waals surface area contributed by atoms with Gasteiger partial charge in [-0.25, -0.2) is 13.2 Å². The lowest BCUT2D eigenvalue weighted by atomic mass is 9.99. The third-order valence-corrected chi connectivity index (χ3v) is 4.99. The van der Waals surface area contributed by atoms with Gasteiger partial charge in [-0.3, -0.25) is 4.79 Å². The zero-order valence-corrected chi connectivity index (χ0v) is 15.5. The maximum atomic E-state index is 11.8. The van der Waals surface area contributed by atoms with E-state index in [9.17, 15) is 18.0 Å². The SMILES string of the molecule is CCC(C)C(NC(=O)CCCOc1ccc(S(C)(=O)=O)cc1)C(=O)O. The van der Waals surface area contributed by atoms with Gasteiger partial charge in [-0.1, -0.05) is 20.3 Å². The van der Waals surface area contributed by atoms with Crippen molar-refractivity contribution in [2.75, 3.05) is 12.9 Å². The Morgan fingerprint density at radius 3 is 2.32 bits per heavy atom. The van der Waals surface area contributed by atoms with E-state index in [1.807, 2.05) is 6.92 Å². The number of carbonyl (C=O) groups is 2. The Morgan fingerprint density at radius 1 is 1.24 bits per heavy atom. The highest BCUT2D eigenvalue weighted by atomic mass is 32.2. The number of benzene rings is 1. The standard InChI is InChI=1S/C17H25NO6S/c1-4-12(2)16(17(20)21)18-15(19)6-5-11-24-13-7-9-14(10-8-13)25(3,22)23/h7-10,12,16H,4-6,11H2,1-3H3,(H,18,19)(H,20,21). The van der Waals surface area contributed by atoms with Gasteiger partial charge in [0.05, 0.1) is 11.5 Å². The van der Waals surface area contributed by atoms with Crippen molar-refractivity contribution < 1.29 is 27.9 Å². The van der Waals surface area contributed by atoms with E-state index in [1.54, 1.807) is 19.1 Å². The van der Waals surface area contributed by atoms with Crippen molar-refractivity contribution in [1.29, 1.82) is 0 Å². The number of hydrogen-bond acceptors (Lipinski definition) is 5. The average Bonchev–Trinajstić information content (AvgIpc) is 2.55. The summed E-state index contributed by atoms with van der Waals surface area (Å²) in [5.74, 6) is -1.00. The highest BCUT2D eigenvalue weighted by Crippen LogP contribution is 2.16. The lowest BCUT2D eigenvalue weighted by Gasteiger charge is -2.20. The van der Waals surface area contributed by atoms with Crippen LogP contribution in [0.15, 0.2) is 29.2 Å². The number of ether oxygens (including phenoxy) is 1. The molecule has 0 spiro atoms. The molecule has 0 bridgehead atoms. The van der Waals surface area contributed by atoms with Crippen molar-refractivity contribution in [3.8, 4) is 5.75 Å². The number of nitrogens with one attached hydrogen (secondary N) is 1. The molecule has 140 valence electrons.